The maximum atomic E-state index is 2.18. The molecule has 0 spiro atoms. The van der Waals surface area contributed by atoms with Crippen molar-refractivity contribution in [2.45, 2.75) is 54.4 Å². The zero-order valence-corrected chi connectivity index (χ0v) is 13.0. The lowest BCUT2D eigenvalue weighted by atomic mass is 10.1. The van der Waals surface area contributed by atoms with Crippen LogP contribution in [0.4, 0.5) is 0 Å². The molecule has 0 unspecified atom stereocenters. The Labute approximate surface area is 114 Å². The highest BCUT2D eigenvalue weighted by Gasteiger charge is 1.85. The van der Waals surface area contributed by atoms with Crippen molar-refractivity contribution in [3.63, 3.8) is 0 Å². The normalized spacial score (nSPS) is 7.89. The van der Waals surface area contributed by atoms with Crippen LogP contribution in [0, 0.1) is 0 Å². The summed E-state index contributed by atoms with van der Waals surface area (Å²) in [5, 5.41) is 2.62. The summed E-state index contributed by atoms with van der Waals surface area (Å²) in [6.45, 7) is 12.4. The molecule has 0 radical (unpaired) electrons. The van der Waals surface area contributed by atoms with Crippen molar-refractivity contribution in [2.24, 2.45) is 0 Å². The van der Waals surface area contributed by atoms with Crippen LogP contribution in [0.1, 0.15) is 54.4 Å². The summed E-state index contributed by atoms with van der Waals surface area (Å²) in [5.41, 5.74) is 0. The minimum Gasteiger partial charge on any atom is -0.0683 e. The third-order valence-electron chi connectivity index (χ3n) is 2.16. The minimum absolute atomic E-state index is 1.31. The summed E-state index contributed by atoms with van der Waals surface area (Å²) in [5.74, 6) is 0. The molecule has 0 N–H and O–H groups in total. The van der Waals surface area contributed by atoms with Crippen LogP contribution in [-0.2, 0) is 0 Å². The Morgan fingerprint density at radius 2 is 0.778 bits per heavy atom. The van der Waals surface area contributed by atoms with Gasteiger partial charge in [0.1, 0.15) is 0 Å². The molecule has 0 aromatic heterocycles. The van der Waals surface area contributed by atoms with E-state index < -0.39 is 0 Å². The fourth-order valence-corrected chi connectivity index (χ4v) is 1.13. The number of hydrogen-bond donors (Lipinski definition) is 0. The zero-order valence-electron chi connectivity index (χ0n) is 13.0. The standard InChI is InChI=1S/C10H8.C4H10.2C2H6/c1-2-6-10-8-4-3-7-9(10)5-1;1-3-4-2;2*1-2/h1-8H;3-4H2,1-2H3;2*1-2H3. The van der Waals surface area contributed by atoms with Crippen LogP contribution < -0.4 is 0 Å². The largest absolute Gasteiger partial charge is 0.0683 e. The molecule has 0 aliphatic heterocycles. The van der Waals surface area contributed by atoms with Crippen LogP contribution in [0.25, 0.3) is 10.8 Å². The van der Waals surface area contributed by atoms with Gasteiger partial charge in [0.25, 0.3) is 0 Å². The van der Waals surface area contributed by atoms with Gasteiger partial charge in [0.05, 0.1) is 0 Å². The van der Waals surface area contributed by atoms with Gasteiger partial charge >= 0.3 is 0 Å². The summed E-state index contributed by atoms with van der Waals surface area (Å²) in [7, 11) is 0. The SMILES string of the molecule is CC.CC.CCCC.c1ccc2ccccc2c1. The van der Waals surface area contributed by atoms with Gasteiger partial charge in [0, 0.05) is 0 Å². The predicted octanol–water partition coefficient (Wildman–Crippen LogP) is 6.70. The lowest BCUT2D eigenvalue weighted by Crippen LogP contribution is -1.67. The summed E-state index contributed by atoms with van der Waals surface area (Å²) in [6, 6.07) is 16.7. The molecule has 18 heavy (non-hydrogen) atoms. The van der Waals surface area contributed by atoms with Crippen molar-refractivity contribution < 1.29 is 0 Å². The molecular formula is C18H30. The van der Waals surface area contributed by atoms with Crippen molar-refractivity contribution in [1.82, 2.24) is 0 Å². The molecule has 2 aromatic carbocycles. The summed E-state index contributed by atoms with van der Waals surface area (Å²) in [4.78, 5) is 0. The smallest absolute Gasteiger partial charge is 0.0184 e. The molecule has 0 heterocycles. The van der Waals surface area contributed by atoms with Crippen molar-refractivity contribution in [3.8, 4) is 0 Å². The van der Waals surface area contributed by atoms with Crippen molar-refractivity contribution in [2.75, 3.05) is 0 Å². The van der Waals surface area contributed by atoms with Crippen molar-refractivity contribution >= 4 is 10.8 Å². The van der Waals surface area contributed by atoms with Gasteiger partial charge in [-0.1, -0.05) is 103 Å². The maximum absolute atomic E-state index is 2.18. The van der Waals surface area contributed by atoms with E-state index in [0.29, 0.717) is 0 Å². The lowest BCUT2D eigenvalue weighted by Gasteiger charge is -1.92. The fourth-order valence-electron chi connectivity index (χ4n) is 1.13. The number of benzene rings is 2. The summed E-state index contributed by atoms with van der Waals surface area (Å²) >= 11 is 0. The first-order chi connectivity index (χ1) is 8.88. The molecule has 0 saturated heterocycles. The van der Waals surface area contributed by atoms with E-state index in [1.54, 1.807) is 0 Å². The molecule has 0 bridgehead atoms. The maximum Gasteiger partial charge on any atom is -0.0184 e. The van der Waals surface area contributed by atoms with E-state index in [9.17, 15) is 0 Å². The van der Waals surface area contributed by atoms with Gasteiger partial charge in [-0.2, -0.15) is 0 Å². The quantitative estimate of drug-likeness (QED) is 0.525. The monoisotopic (exact) mass is 246 g/mol. The highest BCUT2D eigenvalue weighted by Crippen LogP contribution is 2.11. The third-order valence-corrected chi connectivity index (χ3v) is 2.16. The second kappa shape index (κ2) is 15.7. The van der Waals surface area contributed by atoms with E-state index in [4.69, 9.17) is 0 Å². The van der Waals surface area contributed by atoms with Crippen molar-refractivity contribution in [3.05, 3.63) is 48.5 Å². The van der Waals surface area contributed by atoms with Gasteiger partial charge < -0.3 is 0 Å². The van der Waals surface area contributed by atoms with E-state index >= 15 is 0 Å². The van der Waals surface area contributed by atoms with Crippen LogP contribution in [0.3, 0.4) is 0 Å². The average Bonchev–Trinajstić information content (AvgIpc) is 2.51. The first kappa shape index (κ1) is 19.0. The molecule has 0 saturated carbocycles. The molecule has 0 heteroatoms. The Morgan fingerprint density at radius 1 is 0.556 bits per heavy atom. The Hall–Kier alpha value is -1.30. The molecule has 0 atom stereocenters. The molecule has 102 valence electrons. The van der Waals surface area contributed by atoms with E-state index in [1.165, 1.54) is 23.6 Å². The van der Waals surface area contributed by atoms with Gasteiger partial charge in [0.15, 0.2) is 0 Å². The second-order valence-corrected chi connectivity index (χ2v) is 3.35. The first-order valence-electron chi connectivity index (χ1n) is 7.32. The van der Waals surface area contributed by atoms with Gasteiger partial charge in [-0.3, -0.25) is 0 Å². The van der Waals surface area contributed by atoms with E-state index in [1.807, 2.05) is 27.7 Å². The average molecular weight is 246 g/mol. The summed E-state index contributed by atoms with van der Waals surface area (Å²) in [6.07, 6.45) is 2.64. The molecule has 0 fully saturated rings. The topological polar surface area (TPSA) is 0 Å². The van der Waals surface area contributed by atoms with Crippen LogP contribution in [0.2, 0.25) is 0 Å². The summed E-state index contributed by atoms with van der Waals surface area (Å²) < 4.78 is 0. The highest BCUT2D eigenvalue weighted by molar-refractivity contribution is 5.81. The number of hydrogen-bond acceptors (Lipinski definition) is 0. The molecule has 0 amide bonds. The van der Waals surface area contributed by atoms with Crippen LogP contribution in [-0.4, -0.2) is 0 Å². The minimum atomic E-state index is 1.31. The molecule has 2 rings (SSSR count). The van der Waals surface area contributed by atoms with Crippen molar-refractivity contribution in [1.29, 1.82) is 0 Å². The highest BCUT2D eigenvalue weighted by atomic mass is 13.9. The van der Waals surface area contributed by atoms with Gasteiger partial charge in [-0.15, -0.1) is 0 Å². The zero-order chi connectivity index (χ0) is 14.2. The fraction of sp³-hybridized carbons (Fsp3) is 0.444. The Morgan fingerprint density at radius 3 is 0.944 bits per heavy atom. The molecule has 0 aliphatic carbocycles. The predicted molar refractivity (Wildman–Crippen MR) is 87.2 cm³/mol. The van der Waals surface area contributed by atoms with Crippen LogP contribution >= 0.6 is 0 Å². The van der Waals surface area contributed by atoms with Crippen LogP contribution in [0.15, 0.2) is 48.5 Å². The van der Waals surface area contributed by atoms with E-state index in [2.05, 4.69) is 62.4 Å². The number of rotatable bonds is 1. The Kier molecular flexibility index (Phi) is 16.6. The first-order valence-corrected chi connectivity index (χ1v) is 7.32. The molecular weight excluding hydrogens is 216 g/mol. The number of unbranched alkanes of at least 4 members (excludes halogenated alkanes) is 1. The molecule has 0 nitrogen and oxygen atoms in total. The van der Waals surface area contributed by atoms with Gasteiger partial charge in [0.2, 0.25) is 0 Å². The Balaban J connectivity index is 0. The van der Waals surface area contributed by atoms with Crippen LogP contribution in [0.5, 0.6) is 0 Å². The number of fused-ring (bicyclic) bond motifs is 1. The molecule has 0 aliphatic rings. The Bertz CT molecular complexity index is 296. The van der Waals surface area contributed by atoms with E-state index in [-0.39, 0.29) is 0 Å². The molecule has 2 aromatic rings. The lowest BCUT2D eigenvalue weighted by molar-refractivity contribution is 0.886. The third kappa shape index (κ3) is 8.81. The second-order valence-electron chi connectivity index (χ2n) is 3.35. The van der Waals surface area contributed by atoms with E-state index in [0.717, 1.165) is 0 Å². The van der Waals surface area contributed by atoms with Gasteiger partial charge in [-0.25, -0.2) is 0 Å². The van der Waals surface area contributed by atoms with Gasteiger partial charge in [-0.05, 0) is 10.8 Å².